The van der Waals surface area contributed by atoms with Gasteiger partial charge in [0.15, 0.2) is 0 Å². The molecular weight excluding hydrogens is 332 g/mol. The fraction of sp³-hybridized carbons (Fsp3) is 0.385. The smallest absolute Gasteiger partial charge is 0.251 e. The molecule has 0 radical (unpaired) electrons. The second-order valence-corrected chi connectivity index (χ2v) is 5.80. The van der Waals surface area contributed by atoms with Gasteiger partial charge in [0, 0.05) is 12.6 Å². The largest absolute Gasteiger partial charge is 0.355 e. The molecule has 1 aromatic rings. The van der Waals surface area contributed by atoms with Crippen LogP contribution in [0, 0.1) is 5.92 Å². The van der Waals surface area contributed by atoms with E-state index < -0.39 is 0 Å². The molecule has 0 aliphatic rings. The van der Waals surface area contributed by atoms with Crippen LogP contribution in [0.2, 0.25) is 5.02 Å². The first-order chi connectivity index (χ1) is 8.86. The second-order valence-electron chi connectivity index (χ2n) is 4.41. The highest BCUT2D eigenvalue weighted by Crippen LogP contribution is 2.24. The number of carbonyl (C=O) groups is 2. The number of alkyl halides is 1. The van der Waals surface area contributed by atoms with Crippen LogP contribution in [0.1, 0.15) is 24.2 Å². The molecule has 1 unspecified atom stereocenters. The third kappa shape index (κ3) is 4.21. The predicted octanol–water partition coefficient (Wildman–Crippen LogP) is 3.06. The number of rotatable bonds is 4. The van der Waals surface area contributed by atoms with Gasteiger partial charge in [0.25, 0.3) is 5.91 Å². The van der Waals surface area contributed by atoms with Crippen LogP contribution < -0.4 is 10.6 Å². The summed E-state index contributed by atoms with van der Waals surface area (Å²) in [6.07, 6.45) is 0. The summed E-state index contributed by atoms with van der Waals surface area (Å²) in [6.45, 7) is 3.86. The van der Waals surface area contributed by atoms with Crippen molar-refractivity contribution in [3.8, 4) is 0 Å². The predicted molar refractivity (Wildman–Crippen MR) is 81.0 cm³/mol. The van der Waals surface area contributed by atoms with Crippen molar-refractivity contribution in [1.29, 1.82) is 0 Å². The molecule has 0 heterocycles. The summed E-state index contributed by atoms with van der Waals surface area (Å²) in [5, 5.41) is 5.62. The van der Waals surface area contributed by atoms with E-state index in [1.165, 1.54) is 0 Å². The normalized spacial score (nSPS) is 12.1. The molecule has 19 heavy (non-hydrogen) atoms. The van der Waals surface area contributed by atoms with Gasteiger partial charge in [-0.05, 0) is 24.1 Å². The summed E-state index contributed by atoms with van der Waals surface area (Å²) in [4.78, 5) is 23.2. The fourth-order valence-electron chi connectivity index (χ4n) is 1.41. The van der Waals surface area contributed by atoms with Gasteiger partial charge < -0.3 is 10.6 Å². The molecule has 4 nitrogen and oxygen atoms in total. The molecule has 0 saturated carbocycles. The zero-order valence-corrected chi connectivity index (χ0v) is 13.3. The Balaban J connectivity index is 2.94. The average Bonchev–Trinajstić information content (AvgIpc) is 2.39. The van der Waals surface area contributed by atoms with Crippen molar-refractivity contribution in [3.05, 3.63) is 28.8 Å². The Bertz CT molecular complexity index is 492. The van der Waals surface area contributed by atoms with E-state index in [1.807, 2.05) is 13.8 Å². The second kappa shape index (κ2) is 6.91. The number of amides is 2. The summed E-state index contributed by atoms with van der Waals surface area (Å²) in [5.41, 5.74) is 0.871. The van der Waals surface area contributed by atoms with Gasteiger partial charge in [0.1, 0.15) is 0 Å². The average molecular weight is 348 g/mol. The van der Waals surface area contributed by atoms with Gasteiger partial charge in [-0.1, -0.05) is 41.4 Å². The van der Waals surface area contributed by atoms with Crippen LogP contribution in [0.4, 0.5) is 5.69 Å². The monoisotopic (exact) mass is 346 g/mol. The SMILES string of the molecule is CNC(=O)c1ccc(Cl)c(NC(=O)C(Br)C(C)C)c1. The van der Waals surface area contributed by atoms with Crippen molar-refractivity contribution in [1.82, 2.24) is 5.32 Å². The van der Waals surface area contributed by atoms with Crippen molar-refractivity contribution in [2.75, 3.05) is 12.4 Å². The maximum absolute atomic E-state index is 11.9. The van der Waals surface area contributed by atoms with Gasteiger partial charge in [-0.3, -0.25) is 9.59 Å². The molecular formula is C13H16BrClN2O2. The lowest BCUT2D eigenvalue weighted by atomic mass is 10.1. The van der Waals surface area contributed by atoms with Gasteiger partial charge >= 0.3 is 0 Å². The fourth-order valence-corrected chi connectivity index (χ4v) is 1.69. The van der Waals surface area contributed by atoms with E-state index in [4.69, 9.17) is 11.6 Å². The lowest BCUT2D eigenvalue weighted by Gasteiger charge is -2.15. The van der Waals surface area contributed by atoms with E-state index in [-0.39, 0.29) is 22.6 Å². The van der Waals surface area contributed by atoms with Gasteiger partial charge in [-0.2, -0.15) is 0 Å². The third-order valence-corrected chi connectivity index (χ3v) is 4.35. The van der Waals surface area contributed by atoms with E-state index >= 15 is 0 Å². The zero-order chi connectivity index (χ0) is 14.6. The zero-order valence-electron chi connectivity index (χ0n) is 11.0. The quantitative estimate of drug-likeness (QED) is 0.822. The summed E-state index contributed by atoms with van der Waals surface area (Å²) in [7, 11) is 1.54. The molecule has 1 atom stereocenters. The summed E-state index contributed by atoms with van der Waals surface area (Å²) >= 11 is 9.33. The molecule has 0 spiro atoms. The Morgan fingerprint density at radius 2 is 1.95 bits per heavy atom. The lowest BCUT2D eigenvalue weighted by Crippen LogP contribution is -2.27. The number of carbonyl (C=O) groups excluding carboxylic acids is 2. The van der Waals surface area contributed by atoms with Gasteiger partial charge in [-0.25, -0.2) is 0 Å². The Labute approximate surface area is 126 Å². The topological polar surface area (TPSA) is 58.2 Å². The molecule has 2 amide bonds. The molecule has 104 valence electrons. The molecule has 1 rings (SSSR count). The third-order valence-electron chi connectivity index (χ3n) is 2.55. The van der Waals surface area contributed by atoms with Crippen LogP contribution in [0.15, 0.2) is 18.2 Å². The molecule has 0 saturated heterocycles. The van der Waals surface area contributed by atoms with Gasteiger partial charge in [0.2, 0.25) is 5.91 Å². The molecule has 0 bridgehead atoms. The van der Waals surface area contributed by atoms with E-state index in [2.05, 4.69) is 26.6 Å². The number of hydrogen-bond donors (Lipinski definition) is 2. The molecule has 0 aromatic heterocycles. The molecule has 0 aliphatic carbocycles. The Morgan fingerprint density at radius 1 is 1.32 bits per heavy atom. The van der Waals surface area contributed by atoms with Crippen LogP contribution in [0.3, 0.4) is 0 Å². The molecule has 1 aromatic carbocycles. The highest BCUT2D eigenvalue weighted by Gasteiger charge is 2.19. The lowest BCUT2D eigenvalue weighted by molar-refractivity contribution is -0.116. The first-order valence-corrected chi connectivity index (χ1v) is 7.12. The molecule has 0 fully saturated rings. The first-order valence-electron chi connectivity index (χ1n) is 5.83. The van der Waals surface area contributed by atoms with Gasteiger partial charge in [-0.15, -0.1) is 0 Å². The van der Waals surface area contributed by atoms with Crippen LogP contribution >= 0.6 is 27.5 Å². The first kappa shape index (κ1) is 16.0. The molecule has 6 heteroatoms. The van der Waals surface area contributed by atoms with Crippen molar-refractivity contribution < 1.29 is 9.59 Å². The van der Waals surface area contributed by atoms with E-state index in [0.717, 1.165) is 0 Å². The van der Waals surface area contributed by atoms with Crippen LogP contribution in [-0.4, -0.2) is 23.7 Å². The van der Waals surface area contributed by atoms with Crippen LogP contribution in [0.5, 0.6) is 0 Å². The van der Waals surface area contributed by atoms with Crippen molar-refractivity contribution in [2.24, 2.45) is 5.92 Å². The number of hydrogen-bond acceptors (Lipinski definition) is 2. The van der Waals surface area contributed by atoms with E-state index in [1.54, 1.807) is 25.2 Å². The van der Waals surface area contributed by atoms with Crippen LogP contribution in [0.25, 0.3) is 0 Å². The van der Waals surface area contributed by atoms with Crippen LogP contribution in [-0.2, 0) is 4.79 Å². The number of benzene rings is 1. The minimum Gasteiger partial charge on any atom is -0.355 e. The molecule has 0 aliphatic heterocycles. The van der Waals surface area contributed by atoms with Crippen molar-refractivity contribution >= 4 is 45.0 Å². The standard InChI is InChI=1S/C13H16BrClN2O2/c1-7(2)11(14)13(19)17-10-6-8(12(18)16-3)4-5-9(10)15/h4-7,11H,1-3H3,(H,16,18)(H,17,19). The van der Waals surface area contributed by atoms with Crippen molar-refractivity contribution in [2.45, 2.75) is 18.7 Å². The van der Waals surface area contributed by atoms with E-state index in [0.29, 0.717) is 16.3 Å². The Kier molecular flexibility index (Phi) is 5.82. The molecule has 2 N–H and O–H groups in total. The number of anilines is 1. The minimum absolute atomic E-state index is 0.154. The highest BCUT2D eigenvalue weighted by molar-refractivity contribution is 9.10. The summed E-state index contributed by atoms with van der Waals surface area (Å²) in [5.74, 6) is -0.265. The van der Waals surface area contributed by atoms with Gasteiger partial charge in [0.05, 0.1) is 15.5 Å². The Morgan fingerprint density at radius 3 is 2.47 bits per heavy atom. The minimum atomic E-state index is -0.313. The highest BCUT2D eigenvalue weighted by atomic mass is 79.9. The number of nitrogens with one attached hydrogen (secondary N) is 2. The number of halogens is 2. The maximum atomic E-state index is 11.9. The summed E-state index contributed by atoms with van der Waals surface area (Å²) in [6, 6.07) is 4.74. The van der Waals surface area contributed by atoms with Crippen molar-refractivity contribution in [3.63, 3.8) is 0 Å². The summed E-state index contributed by atoms with van der Waals surface area (Å²) < 4.78 is 0. The maximum Gasteiger partial charge on any atom is 0.251 e. The Hall–Kier alpha value is -1.07. The van der Waals surface area contributed by atoms with E-state index in [9.17, 15) is 9.59 Å².